The Morgan fingerprint density at radius 2 is 1.06 bits per heavy atom. The van der Waals surface area contributed by atoms with Crippen LogP contribution in [0.15, 0.2) is 34.1 Å². The van der Waals surface area contributed by atoms with E-state index in [9.17, 15) is 26.3 Å². The first-order valence-corrected chi connectivity index (χ1v) is 12.5. The van der Waals surface area contributed by atoms with Crippen LogP contribution in [-0.4, -0.2) is 0 Å². The standard InChI is InChI=1S/C28H24F6S/c1-3-19-11-15-23(21(13-9-17-5-6-17)25(19)27(29,30)31)35-24-16-12-20(4-2)26(28(32,33)34)22(24)14-10-18-7-8-18/h11-12,15-18H,3-8H2,1-2H3. The van der Waals surface area contributed by atoms with Gasteiger partial charge in [-0.05, 0) is 61.8 Å². The summed E-state index contributed by atoms with van der Waals surface area (Å²) in [6.07, 6.45) is -5.55. The Hall–Kier alpha value is -2.51. The molecule has 7 heteroatoms. The van der Waals surface area contributed by atoms with Crippen molar-refractivity contribution in [1.82, 2.24) is 0 Å². The minimum Gasteiger partial charge on any atom is -0.166 e. The molecule has 0 heterocycles. The molecule has 0 saturated heterocycles. The van der Waals surface area contributed by atoms with Gasteiger partial charge in [0.1, 0.15) is 0 Å². The Kier molecular flexibility index (Phi) is 7.21. The van der Waals surface area contributed by atoms with Crippen molar-refractivity contribution in [3.63, 3.8) is 0 Å². The second-order valence-electron chi connectivity index (χ2n) is 8.84. The Balaban J connectivity index is 1.90. The van der Waals surface area contributed by atoms with Gasteiger partial charge in [0.25, 0.3) is 0 Å². The molecule has 0 spiro atoms. The highest BCUT2D eigenvalue weighted by Crippen LogP contribution is 2.45. The molecule has 2 aliphatic rings. The van der Waals surface area contributed by atoms with Gasteiger partial charge < -0.3 is 0 Å². The summed E-state index contributed by atoms with van der Waals surface area (Å²) in [5.41, 5.74) is -1.69. The van der Waals surface area contributed by atoms with E-state index in [0.717, 1.165) is 37.4 Å². The highest BCUT2D eigenvalue weighted by Gasteiger charge is 2.39. The van der Waals surface area contributed by atoms with Crippen molar-refractivity contribution >= 4 is 11.8 Å². The number of hydrogen-bond donors (Lipinski definition) is 0. The quantitative estimate of drug-likeness (QED) is 0.296. The first-order chi connectivity index (χ1) is 16.5. The van der Waals surface area contributed by atoms with Gasteiger partial charge in [0.05, 0.1) is 22.3 Å². The van der Waals surface area contributed by atoms with E-state index in [1.165, 1.54) is 24.3 Å². The summed E-state index contributed by atoms with van der Waals surface area (Å²) >= 11 is 0.879. The van der Waals surface area contributed by atoms with Gasteiger partial charge in [0.2, 0.25) is 0 Å². The van der Waals surface area contributed by atoms with E-state index in [1.807, 2.05) is 0 Å². The van der Waals surface area contributed by atoms with Crippen molar-refractivity contribution in [2.24, 2.45) is 11.8 Å². The lowest BCUT2D eigenvalue weighted by Crippen LogP contribution is -2.13. The average molecular weight is 507 g/mol. The molecule has 0 N–H and O–H groups in total. The molecule has 0 nitrogen and oxygen atoms in total. The van der Waals surface area contributed by atoms with Crippen LogP contribution >= 0.6 is 11.8 Å². The molecule has 184 valence electrons. The van der Waals surface area contributed by atoms with Crippen molar-refractivity contribution < 1.29 is 26.3 Å². The van der Waals surface area contributed by atoms with Crippen molar-refractivity contribution in [2.45, 2.75) is 74.5 Å². The van der Waals surface area contributed by atoms with Gasteiger partial charge in [-0.2, -0.15) is 26.3 Å². The lowest BCUT2D eigenvalue weighted by molar-refractivity contribution is -0.139. The molecule has 2 aromatic carbocycles. The molecule has 2 aromatic rings. The van der Waals surface area contributed by atoms with Gasteiger partial charge in [0.15, 0.2) is 0 Å². The molecule has 0 bridgehead atoms. The second-order valence-corrected chi connectivity index (χ2v) is 9.92. The Morgan fingerprint density at radius 3 is 1.34 bits per heavy atom. The molecule has 2 fully saturated rings. The monoisotopic (exact) mass is 506 g/mol. The van der Waals surface area contributed by atoms with Gasteiger partial charge >= 0.3 is 12.4 Å². The van der Waals surface area contributed by atoms with Crippen LogP contribution in [0, 0.1) is 35.5 Å². The van der Waals surface area contributed by atoms with E-state index in [4.69, 9.17) is 0 Å². The van der Waals surface area contributed by atoms with Crippen molar-refractivity contribution in [3.8, 4) is 23.7 Å². The smallest absolute Gasteiger partial charge is 0.166 e. The number of aryl methyl sites for hydroxylation is 2. The van der Waals surface area contributed by atoms with Gasteiger partial charge in [-0.25, -0.2) is 0 Å². The molecule has 2 saturated carbocycles. The van der Waals surface area contributed by atoms with Crippen LogP contribution in [0.2, 0.25) is 0 Å². The Morgan fingerprint density at radius 1 is 0.686 bits per heavy atom. The van der Waals surface area contributed by atoms with Gasteiger partial charge in [0, 0.05) is 21.6 Å². The second kappa shape index (κ2) is 9.86. The van der Waals surface area contributed by atoms with E-state index in [2.05, 4.69) is 23.7 Å². The minimum absolute atomic E-state index is 0.0693. The largest absolute Gasteiger partial charge is 0.417 e. The van der Waals surface area contributed by atoms with Crippen molar-refractivity contribution in [2.75, 3.05) is 0 Å². The van der Waals surface area contributed by atoms with Crippen molar-refractivity contribution in [3.05, 3.63) is 57.6 Å². The molecule has 0 aromatic heterocycles. The first-order valence-electron chi connectivity index (χ1n) is 11.7. The third-order valence-electron chi connectivity index (χ3n) is 6.01. The van der Waals surface area contributed by atoms with Crippen LogP contribution in [0.4, 0.5) is 26.3 Å². The van der Waals surface area contributed by atoms with Crippen LogP contribution in [-0.2, 0) is 25.2 Å². The van der Waals surface area contributed by atoms with Gasteiger partial charge in [-0.15, -0.1) is 0 Å². The summed E-state index contributed by atoms with van der Waals surface area (Å²) in [7, 11) is 0. The molecule has 2 aliphatic carbocycles. The minimum atomic E-state index is -4.63. The predicted molar refractivity (Wildman–Crippen MR) is 125 cm³/mol. The summed E-state index contributed by atoms with van der Waals surface area (Å²) in [6, 6.07) is 5.87. The average Bonchev–Trinajstić information content (AvgIpc) is 3.70. The summed E-state index contributed by atoms with van der Waals surface area (Å²) in [5, 5.41) is 0. The fourth-order valence-electron chi connectivity index (χ4n) is 3.83. The van der Waals surface area contributed by atoms with Gasteiger partial charge in [-0.1, -0.05) is 61.4 Å². The third kappa shape index (κ3) is 6.01. The van der Waals surface area contributed by atoms with E-state index in [0.29, 0.717) is 0 Å². The highest BCUT2D eigenvalue weighted by molar-refractivity contribution is 7.99. The molecule has 0 radical (unpaired) electrons. The molecule has 4 rings (SSSR count). The Bertz CT molecular complexity index is 1140. The summed E-state index contributed by atoms with van der Waals surface area (Å²) in [5.74, 6) is 11.4. The number of hydrogen-bond acceptors (Lipinski definition) is 1. The molecule has 0 amide bonds. The summed E-state index contributed by atoms with van der Waals surface area (Å²) in [4.78, 5) is 0.379. The third-order valence-corrected chi connectivity index (χ3v) is 7.13. The fraction of sp³-hybridized carbons (Fsp3) is 0.429. The number of benzene rings is 2. The first kappa shape index (κ1) is 25.6. The van der Waals surface area contributed by atoms with E-state index in [1.54, 1.807) is 13.8 Å². The topological polar surface area (TPSA) is 0 Å². The molecular weight excluding hydrogens is 482 g/mol. The van der Waals surface area contributed by atoms with Crippen LogP contribution in [0.25, 0.3) is 0 Å². The lowest BCUT2D eigenvalue weighted by atomic mass is 9.98. The van der Waals surface area contributed by atoms with Crippen molar-refractivity contribution in [1.29, 1.82) is 0 Å². The zero-order valence-electron chi connectivity index (χ0n) is 19.4. The van der Waals surface area contributed by atoms with Crippen LogP contribution in [0.3, 0.4) is 0 Å². The van der Waals surface area contributed by atoms with E-state index < -0.39 is 23.5 Å². The van der Waals surface area contributed by atoms with Crippen LogP contribution in [0.5, 0.6) is 0 Å². The lowest BCUT2D eigenvalue weighted by Gasteiger charge is -2.19. The zero-order chi connectivity index (χ0) is 25.4. The molecular formula is C28H24F6S. The van der Waals surface area contributed by atoms with E-state index in [-0.39, 0.29) is 56.7 Å². The SMILES string of the molecule is CCc1ccc(Sc2ccc(CC)c(C(F)(F)F)c2C#CC2CC2)c(C#CC2CC2)c1C(F)(F)F. The molecule has 0 atom stereocenters. The maximum Gasteiger partial charge on any atom is 0.417 e. The van der Waals surface area contributed by atoms with Crippen LogP contribution in [0.1, 0.15) is 72.9 Å². The zero-order valence-corrected chi connectivity index (χ0v) is 20.2. The molecule has 0 aliphatic heterocycles. The maximum absolute atomic E-state index is 14.1. The number of alkyl halides is 6. The normalized spacial score (nSPS) is 15.8. The molecule has 35 heavy (non-hydrogen) atoms. The number of rotatable bonds is 4. The fourth-order valence-corrected chi connectivity index (χ4v) is 4.85. The highest BCUT2D eigenvalue weighted by atomic mass is 32.2. The van der Waals surface area contributed by atoms with Gasteiger partial charge in [-0.3, -0.25) is 0 Å². The number of halogens is 6. The summed E-state index contributed by atoms with van der Waals surface area (Å²) in [6.45, 7) is 3.28. The predicted octanol–water partition coefficient (Wildman–Crippen LogP) is 8.52. The summed E-state index contributed by atoms with van der Waals surface area (Å²) < 4.78 is 84.7. The Labute approximate surface area is 205 Å². The van der Waals surface area contributed by atoms with E-state index >= 15 is 0 Å². The maximum atomic E-state index is 14.1. The van der Waals surface area contributed by atoms with Crippen LogP contribution < -0.4 is 0 Å². The molecule has 0 unspecified atom stereocenters.